The Morgan fingerprint density at radius 2 is 2.33 bits per heavy atom. The Morgan fingerprint density at radius 3 is 3.00 bits per heavy atom. The van der Waals surface area contributed by atoms with Gasteiger partial charge in [-0.25, -0.2) is 4.98 Å². The molecule has 0 aliphatic heterocycles. The number of nitrogens with one attached hydrogen (secondary N) is 1. The standard InChI is InChI=1S/C15H20N4O2/c1-8(6-16)7-17-14(20)11-5-12(10-3-4-10)18-15-13(11)9(2)19-21-15/h5,8,10H,3-4,6-7,16H2,1-2H3,(H,17,20). The average molecular weight is 288 g/mol. The molecule has 1 atom stereocenters. The van der Waals surface area contributed by atoms with Crippen LogP contribution >= 0.6 is 0 Å². The molecule has 1 unspecified atom stereocenters. The number of amides is 1. The minimum atomic E-state index is -0.115. The normalized spacial score (nSPS) is 16.1. The van der Waals surface area contributed by atoms with E-state index in [0.717, 1.165) is 18.5 Å². The second kappa shape index (κ2) is 5.44. The summed E-state index contributed by atoms with van der Waals surface area (Å²) in [7, 11) is 0. The number of aryl methyl sites for hydroxylation is 1. The molecule has 6 nitrogen and oxygen atoms in total. The van der Waals surface area contributed by atoms with Gasteiger partial charge >= 0.3 is 0 Å². The van der Waals surface area contributed by atoms with Crippen LogP contribution in [0, 0.1) is 12.8 Å². The van der Waals surface area contributed by atoms with Crippen molar-refractivity contribution in [1.82, 2.24) is 15.5 Å². The molecule has 1 saturated carbocycles. The maximum absolute atomic E-state index is 12.5. The minimum Gasteiger partial charge on any atom is -0.352 e. The van der Waals surface area contributed by atoms with Crippen molar-refractivity contribution >= 4 is 17.0 Å². The summed E-state index contributed by atoms with van der Waals surface area (Å²) in [5.41, 5.74) is 8.25. The minimum absolute atomic E-state index is 0.115. The van der Waals surface area contributed by atoms with Gasteiger partial charge in [0.1, 0.15) is 0 Å². The number of carbonyl (C=O) groups is 1. The molecule has 3 N–H and O–H groups in total. The van der Waals surface area contributed by atoms with E-state index in [-0.39, 0.29) is 11.8 Å². The highest BCUT2D eigenvalue weighted by Gasteiger charge is 2.28. The van der Waals surface area contributed by atoms with E-state index < -0.39 is 0 Å². The van der Waals surface area contributed by atoms with Crippen LogP contribution in [0.25, 0.3) is 11.1 Å². The number of hydrogen-bond donors (Lipinski definition) is 2. The van der Waals surface area contributed by atoms with Crippen LogP contribution in [0.1, 0.15) is 47.4 Å². The average Bonchev–Trinajstić information content (AvgIpc) is 3.28. The third-order valence-electron chi connectivity index (χ3n) is 3.89. The summed E-state index contributed by atoms with van der Waals surface area (Å²) in [6, 6.07) is 1.88. The van der Waals surface area contributed by atoms with E-state index in [2.05, 4.69) is 15.5 Å². The number of fused-ring (bicyclic) bond motifs is 1. The molecule has 2 aromatic heterocycles. The van der Waals surface area contributed by atoms with Gasteiger partial charge in [-0.2, -0.15) is 0 Å². The Hall–Kier alpha value is -1.95. The van der Waals surface area contributed by atoms with E-state index in [0.29, 0.717) is 41.4 Å². The summed E-state index contributed by atoms with van der Waals surface area (Å²) in [5, 5.41) is 7.57. The lowest BCUT2D eigenvalue weighted by molar-refractivity contribution is 0.0950. The van der Waals surface area contributed by atoms with Crippen LogP contribution in [0.3, 0.4) is 0 Å². The summed E-state index contributed by atoms with van der Waals surface area (Å²) in [5.74, 6) is 0.586. The number of hydrogen-bond acceptors (Lipinski definition) is 5. The quantitative estimate of drug-likeness (QED) is 0.874. The molecule has 0 aromatic carbocycles. The fourth-order valence-electron chi connectivity index (χ4n) is 2.33. The summed E-state index contributed by atoms with van der Waals surface area (Å²) in [6.45, 7) is 4.93. The molecule has 2 heterocycles. The third kappa shape index (κ3) is 2.76. The monoisotopic (exact) mass is 288 g/mol. The van der Waals surface area contributed by atoms with Gasteiger partial charge in [-0.3, -0.25) is 4.79 Å². The van der Waals surface area contributed by atoms with Gasteiger partial charge in [0, 0.05) is 18.2 Å². The topological polar surface area (TPSA) is 94.0 Å². The Balaban J connectivity index is 1.95. The van der Waals surface area contributed by atoms with Gasteiger partial charge in [-0.15, -0.1) is 0 Å². The highest BCUT2D eigenvalue weighted by atomic mass is 16.5. The molecule has 0 radical (unpaired) electrons. The molecule has 3 rings (SSSR count). The van der Waals surface area contributed by atoms with Gasteiger partial charge in [-0.1, -0.05) is 12.1 Å². The van der Waals surface area contributed by atoms with Gasteiger partial charge in [0.15, 0.2) is 0 Å². The second-order valence-electron chi connectivity index (χ2n) is 5.87. The zero-order valence-electron chi connectivity index (χ0n) is 12.3. The smallest absolute Gasteiger partial charge is 0.259 e. The molecule has 0 bridgehead atoms. The molecular weight excluding hydrogens is 268 g/mol. The van der Waals surface area contributed by atoms with Crippen LogP contribution in [0.2, 0.25) is 0 Å². The maximum atomic E-state index is 12.5. The molecule has 1 amide bonds. The van der Waals surface area contributed by atoms with E-state index in [4.69, 9.17) is 10.3 Å². The van der Waals surface area contributed by atoms with Crippen LogP contribution in [0.5, 0.6) is 0 Å². The van der Waals surface area contributed by atoms with Crippen molar-refractivity contribution in [3.05, 3.63) is 23.0 Å². The zero-order valence-corrected chi connectivity index (χ0v) is 12.3. The van der Waals surface area contributed by atoms with Crippen molar-refractivity contribution in [2.24, 2.45) is 11.7 Å². The first kappa shape index (κ1) is 14.0. The number of nitrogens with zero attached hydrogens (tertiary/aromatic N) is 2. The largest absolute Gasteiger partial charge is 0.352 e. The highest BCUT2D eigenvalue weighted by Crippen LogP contribution is 2.40. The van der Waals surface area contributed by atoms with Crippen molar-refractivity contribution in [2.75, 3.05) is 13.1 Å². The maximum Gasteiger partial charge on any atom is 0.259 e. The van der Waals surface area contributed by atoms with Gasteiger partial charge in [-0.05, 0) is 38.3 Å². The molecular formula is C15H20N4O2. The van der Waals surface area contributed by atoms with E-state index >= 15 is 0 Å². The first-order valence-corrected chi connectivity index (χ1v) is 7.35. The number of rotatable bonds is 5. The highest BCUT2D eigenvalue weighted by molar-refractivity contribution is 6.06. The predicted octanol–water partition coefficient (Wildman–Crippen LogP) is 1.73. The van der Waals surface area contributed by atoms with Gasteiger partial charge < -0.3 is 15.6 Å². The SMILES string of the molecule is Cc1noc2nc(C3CC3)cc(C(=O)NCC(C)CN)c12. The Morgan fingerprint density at radius 1 is 1.57 bits per heavy atom. The first-order chi connectivity index (χ1) is 10.1. The third-order valence-corrected chi connectivity index (χ3v) is 3.89. The lowest BCUT2D eigenvalue weighted by Gasteiger charge is -2.11. The Labute approximate surface area is 123 Å². The number of nitrogens with two attached hydrogens (primary N) is 1. The number of aromatic nitrogens is 2. The molecule has 1 fully saturated rings. The summed E-state index contributed by atoms with van der Waals surface area (Å²) in [6.07, 6.45) is 2.24. The second-order valence-corrected chi connectivity index (χ2v) is 5.87. The van der Waals surface area contributed by atoms with Crippen LogP contribution in [0.4, 0.5) is 0 Å². The molecule has 112 valence electrons. The van der Waals surface area contributed by atoms with Crippen molar-refractivity contribution < 1.29 is 9.32 Å². The molecule has 1 aliphatic carbocycles. The van der Waals surface area contributed by atoms with Crippen molar-refractivity contribution in [3.63, 3.8) is 0 Å². The molecule has 2 aromatic rings. The number of pyridine rings is 1. The van der Waals surface area contributed by atoms with Gasteiger partial charge in [0.05, 0.1) is 16.6 Å². The predicted molar refractivity (Wildman–Crippen MR) is 79.1 cm³/mol. The van der Waals surface area contributed by atoms with E-state index in [1.807, 2.05) is 19.9 Å². The molecule has 1 aliphatic rings. The van der Waals surface area contributed by atoms with E-state index in [1.54, 1.807) is 0 Å². The fraction of sp³-hybridized carbons (Fsp3) is 0.533. The molecule has 6 heteroatoms. The molecule has 0 saturated heterocycles. The Bertz CT molecular complexity index is 676. The Kier molecular flexibility index (Phi) is 3.63. The summed E-state index contributed by atoms with van der Waals surface area (Å²) >= 11 is 0. The fourth-order valence-corrected chi connectivity index (χ4v) is 2.33. The zero-order chi connectivity index (χ0) is 15.0. The molecule has 21 heavy (non-hydrogen) atoms. The van der Waals surface area contributed by atoms with Crippen LogP contribution in [-0.2, 0) is 0 Å². The van der Waals surface area contributed by atoms with Crippen molar-refractivity contribution in [3.8, 4) is 0 Å². The lowest BCUT2D eigenvalue weighted by Crippen LogP contribution is -2.31. The molecule has 0 spiro atoms. The number of carbonyl (C=O) groups excluding carboxylic acids is 1. The van der Waals surface area contributed by atoms with Crippen molar-refractivity contribution in [2.45, 2.75) is 32.6 Å². The van der Waals surface area contributed by atoms with Crippen LogP contribution in [0.15, 0.2) is 10.6 Å². The van der Waals surface area contributed by atoms with Crippen molar-refractivity contribution in [1.29, 1.82) is 0 Å². The van der Waals surface area contributed by atoms with E-state index in [9.17, 15) is 4.79 Å². The van der Waals surface area contributed by atoms with E-state index in [1.165, 1.54) is 0 Å². The van der Waals surface area contributed by atoms with Gasteiger partial charge in [0.2, 0.25) is 0 Å². The first-order valence-electron chi connectivity index (χ1n) is 7.35. The van der Waals surface area contributed by atoms with Gasteiger partial charge in [0.25, 0.3) is 11.6 Å². The summed E-state index contributed by atoms with van der Waals surface area (Å²) in [4.78, 5) is 17.0. The van der Waals surface area contributed by atoms with Crippen LogP contribution < -0.4 is 11.1 Å². The van der Waals surface area contributed by atoms with Crippen LogP contribution in [-0.4, -0.2) is 29.1 Å². The lowest BCUT2D eigenvalue weighted by atomic mass is 10.1. The summed E-state index contributed by atoms with van der Waals surface area (Å²) < 4.78 is 5.24.